The molecule has 1 aliphatic rings. The van der Waals surface area contributed by atoms with Crippen LogP contribution >= 0.6 is 12.4 Å². The van der Waals surface area contributed by atoms with Gasteiger partial charge in [-0.15, -0.1) is 12.4 Å². The third-order valence-corrected chi connectivity index (χ3v) is 3.26. The highest BCUT2D eigenvalue weighted by Crippen LogP contribution is 2.39. The first kappa shape index (κ1) is 15.7. The molecule has 0 spiro atoms. The van der Waals surface area contributed by atoms with Gasteiger partial charge in [-0.1, -0.05) is 6.92 Å². The van der Waals surface area contributed by atoms with E-state index in [9.17, 15) is 4.79 Å². The standard InChI is InChI=1S/C11H22N2O2.ClH/c1-4-9(15-3)10(14)13-11(2,7-12)8-5-6-8;/h8-9H,4-7,12H2,1-3H3,(H,13,14);1H. The van der Waals surface area contributed by atoms with Gasteiger partial charge in [-0.3, -0.25) is 4.79 Å². The van der Waals surface area contributed by atoms with Crippen LogP contribution in [0.3, 0.4) is 0 Å². The summed E-state index contributed by atoms with van der Waals surface area (Å²) in [5.41, 5.74) is 5.48. The Hall–Kier alpha value is -0.320. The highest BCUT2D eigenvalue weighted by atomic mass is 35.5. The summed E-state index contributed by atoms with van der Waals surface area (Å²) in [5.74, 6) is 0.501. The number of amides is 1. The molecule has 0 bridgehead atoms. The molecule has 0 aromatic rings. The van der Waals surface area contributed by atoms with Crippen LogP contribution in [-0.4, -0.2) is 31.2 Å². The Kier molecular flexibility index (Phi) is 6.30. The number of methoxy groups -OCH3 is 1. The van der Waals surface area contributed by atoms with Gasteiger partial charge in [0.15, 0.2) is 0 Å². The number of nitrogens with one attached hydrogen (secondary N) is 1. The number of hydrogen-bond donors (Lipinski definition) is 2. The molecule has 3 N–H and O–H groups in total. The lowest BCUT2D eigenvalue weighted by molar-refractivity contribution is -0.133. The number of carbonyl (C=O) groups excluding carboxylic acids is 1. The summed E-state index contributed by atoms with van der Waals surface area (Å²) in [6.45, 7) is 4.44. The van der Waals surface area contributed by atoms with Gasteiger partial charge in [0.1, 0.15) is 6.10 Å². The zero-order chi connectivity index (χ0) is 11.5. The Labute approximate surface area is 104 Å². The lowest BCUT2D eigenvalue weighted by Gasteiger charge is -2.31. The van der Waals surface area contributed by atoms with Crippen molar-refractivity contribution in [3.63, 3.8) is 0 Å². The first-order chi connectivity index (χ1) is 7.07. The molecular formula is C11H23ClN2O2. The number of rotatable bonds is 6. The molecule has 0 aromatic carbocycles. The fraction of sp³-hybridized carbons (Fsp3) is 0.909. The summed E-state index contributed by atoms with van der Waals surface area (Å²) in [6, 6.07) is 0. The fourth-order valence-electron chi connectivity index (χ4n) is 1.86. The second-order valence-electron chi connectivity index (χ2n) is 4.52. The Bertz CT molecular complexity index is 230. The van der Waals surface area contributed by atoms with Crippen molar-refractivity contribution in [2.45, 2.75) is 44.8 Å². The van der Waals surface area contributed by atoms with Crippen LogP contribution in [0.1, 0.15) is 33.1 Å². The van der Waals surface area contributed by atoms with Crippen LogP contribution < -0.4 is 11.1 Å². The van der Waals surface area contributed by atoms with Crippen LogP contribution in [0.4, 0.5) is 0 Å². The molecule has 0 heterocycles. The number of halogens is 1. The van der Waals surface area contributed by atoms with Crippen LogP contribution in [0, 0.1) is 5.92 Å². The highest BCUT2D eigenvalue weighted by molar-refractivity contribution is 5.85. The van der Waals surface area contributed by atoms with Crippen molar-refractivity contribution in [3.8, 4) is 0 Å². The average Bonchev–Trinajstić information content (AvgIpc) is 3.03. The molecule has 16 heavy (non-hydrogen) atoms. The van der Waals surface area contributed by atoms with E-state index in [0.29, 0.717) is 18.9 Å². The van der Waals surface area contributed by atoms with Gasteiger partial charge in [0.25, 0.3) is 0 Å². The molecular weight excluding hydrogens is 228 g/mol. The first-order valence-corrected chi connectivity index (χ1v) is 5.62. The second-order valence-corrected chi connectivity index (χ2v) is 4.52. The second kappa shape index (κ2) is 6.42. The molecule has 1 fully saturated rings. The van der Waals surface area contributed by atoms with Crippen LogP contribution in [0.5, 0.6) is 0 Å². The van der Waals surface area contributed by atoms with Gasteiger partial charge in [0.05, 0.1) is 5.54 Å². The molecule has 0 saturated heterocycles. The largest absolute Gasteiger partial charge is 0.372 e. The highest BCUT2D eigenvalue weighted by Gasteiger charge is 2.42. The molecule has 1 amide bonds. The number of hydrogen-bond acceptors (Lipinski definition) is 3. The normalized spacial score (nSPS) is 20.5. The molecule has 2 unspecified atom stereocenters. The quantitative estimate of drug-likeness (QED) is 0.742. The maximum absolute atomic E-state index is 11.8. The Balaban J connectivity index is 0.00000225. The van der Waals surface area contributed by atoms with Crippen LogP contribution in [0.25, 0.3) is 0 Å². The molecule has 5 heteroatoms. The van der Waals surface area contributed by atoms with E-state index >= 15 is 0 Å². The van der Waals surface area contributed by atoms with Gasteiger partial charge in [0, 0.05) is 13.7 Å². The number of carbonyl (C=O) groups is 1. The van der Waals surface area contributed by atoms with Crippen molar-refractivity contribution in [2.75, 3.05) is 13.7 Å². The van der Waals surface area contributed by atoms with Gasteiger partial charge in [-0.2, -0.15) is 0 Å². The molecule has 96 valence electrons. The zero-order valence-electron chi connectivity index (χ0n) is 10.3. The van der Waals surface area contributed by atoms with Gasteiger partial charge >= 0.3 is 0 Å². The maximum atomic E-state index is 11.8. The van der Waals surface area contributed by atoms with Crippen molar-refractivity contribution in [1.29, 1.82) is 0 Å². The molecule has 1 saturated carbocycles. The topological polar surface area (TPSA) is 64.3 Å². The minimum absolute atomic E-state index is 0. The van der Waals surface area contributed by atoms with Gasteiger partial charge in [-0.25, -0.2) is 0 Å². The summed E-state index contributed by atoms with van der Waals surface area (Å²) >= 11 is 0. The molecule has 1 rings (SSSR count). The van der Waals surface area contributed by atoms with E-state index in [1.54, 1.807) is 7.11 Å². The predicted octanol–water partition coefficient (Wildman–Crippen LogP) is 1.08. The molecule has 0 aromatic heterocycles. The number of ether oxygens (including phenoxy) is 1. The fourth-order valence-corrected chi connectivity index (χ4v) is 1.86. The van der Waals surface area contributed by atoms with Crippen LogP contribution in [-0.2, 0) is 9.53 Å². The third-order valence-electron chi connectivity index (χ3n) is 3.26. The van der Waals surface area contributed by atoms with Crippen molar-refractivity contribution in [2.24, 2.45) is 11.7 Å². The smallest absolute Gasteiger partial charge is 0.249 e. The predicted molar refractivity (Wildman–Crippen MR) is 66.7 cm³/mol. The third kappa shape index (κ3) is 3.61. The summed E-state index contributed by atoms with van der Waals surface area (Å²) in [7, 11) is 1.56. The van der Waals surface area contributed by atoms with E-state index < -0.39 is 0 Å². The summed E-state index contributed by atoms with van der Waals surface area (Å²) in [5, 5.41) is 3.02. The van der Waals surface area contributed by atoms with Gasteiger partial charge in [0.2, 0.25) is 5.91 Å². The lowest BCUT2D eigenvalue weighted by Crippen LogP contribution is -2.55. The van der Waals surface area contributed by atoms with Crippen LogP contribution in [0.15, 0.2) is 0 Å². The minimum Gasteiger partial charge on any atom is -0.372 e. The Morgan fingerprint density at radius 2 is 2.19 bits per heavy atom. The van der Waals surface area contributed by atoms with Crippen molar-refractivity contribution >= 4 is 18.3 Å². The maximum Gasteiger partial charge on any atom is 0.249 e. The summed E-state index contributed by atoms with van der Waals surface area (Å²) in [6.07, 6.45) is 2.66. The van der Waals surface area contributed by atoms with E-state index in [0.717, 1.165) is 12.8 Å². The monoisotopic (exact) mass is 250 g/mol. The minimum atomic E-state index is -0.352. The van der Waals surface area contributed by atoms with E-state index in [-0.39, 0.29) is 30.0 Å². The van der Waals surface area contributed by atoms with E-state index in [4.69, 9.17) is 10.5 Å². The van der Waals surface area contributed by atoms with Crippen LogP contribution in [0.2, 0.25) is 0 Å². The number of nitrogens with two attached hydrogens (primary N) is 1. The molecule has 1 aliphatic carbocycles. The van der Waals surface area contributed by atoms with Gasteiger partial charge < -0.3 is 15.8 Å². The first-order valence-electron chi connectivity index (χ1n) is 5.62. The molecule has 0 radical (unpaired) electrons. The average molecular weight is 251 g/mol. The Morgan fingerprint density at radius 3 is 2.50 bits per heavy atom. The van der Waals surface area contributed by atoms with Gasteiger partial charge in [-0.05, 0) is 32.1 Å². The SMILES string of the molecule is CCC(OC)C(=O)NC(C)(CN)C1CC1.Cl. The summed E-state index contributed by atoms with van der Waals surface area (Å²) in [4.78, 5) is 11.8. The molecule has 2 atom stereocenters. The Morgan fingerprint density at radius 1 is 1.62 bits per heavy atom. The van der Waals surface area contributed by atoms with Crippen molar-refractivity contribution in [3.05, 3.63) is 0 Å². The van der Waals surface area contributed by atoms with E-state index in [2.05, 4.69) is 5.32 Å². The zero-order valence-corrected chi connectivity index (χ0v) is 11.1. The molecule has 0 aliphatic heterocycles. The van der Waals surface area contributed by atoms with Crippen molar-refractivity contribution < 1.29 is 9.53 Å². The lowest BCUT2D eigenvalue weighted by atomic mass is 9.95. The summed E-state index contributed by atoms with van der Waals surface area (Å²) < 4.78 is 5.10. The van der Waals surface area contributed by atoms with E-state index in [1.807, 2.05) is 13.8 Å². The molecule has 4 nitrogen and oxygen atoms in total. The van der Waals surface area contributed by atoms with Crippen molar-refractivity contribution in [1.82, 2.24) is 5.32 Å². The van der Waals surface area contributed by atoms with E-state index in [1.165, 1.54) is 0 Å².